The van der Waals surface area contributed by atoms with Crippen LogP contribution in [0.25, 0.3) is 0 Å². The van der Waals surface area contributed by atoms with Gasteiger partial charge in [0.1, 0.15) is 18.0 Å². The minimum atomic E-state index is -1.09. The van der Waals surface area contributed by atoms with Crippen molar-refractivity contribution >= 4 is 11.9 Å². The molecule has 1 aliphatic heterocycles. The van der Waals surface area contributed by atoms with Gasteiger partial charge in [-0.2, -0.15) is 0 Å². The summed E-state index contributed by atoms with van der Waals surface area (Å²) < 4.78 is 19.5. The number of carboxylic acid groups (broad SMARTS) is 1. The molecule has 27 heavy (non-hydrogen) atoms. The van der Waals surface area contributed by atoms with Crippen molar-refractivity contribution in [1.82, 2.24) is 4.90 Å². The van der Waals surface area contributed by atoms with Crippen molar-refractivity contribution in [1.29, 1.82) is 0 Å². The number of likely N-dealkylation sites (tertiary alicyclic amines) is 1. The van der Waals surface area contributed by atoms with Crippen molar-refractivity contribution in [2.45, 2.75) is 53.4 Å². The van der Waals surface area contributed by atoms with E-state index in [9.17, 15) is 14.0 Å². The first-order chi connectivity index (χ1) is 12.5. The first kappa shape index (κ1) is 22.9. The number of hydrogen-bond acceptors (Lipinski definition) is 3. The van der Waals surface area contributed by atoms with Crippen LogP contribution < -0.4 is 0 Å². The molecule has 1 rings (SSSR count). The Morgan fingerprint density at radius 2 is 1.89 bits per heavy atom. The van der Waals surface area contributed by atoms with Gasteiger partial charge in [0.25, 0.3) is 0 Å². The quantitative estimate of drug-likeness (QED) is 0.383. The van der Waals surface area contributed by atoms with Crippen molar-refractivity contribution in [3.8, 4) is 0 Å². The van der Waals surface area contributed by atoms with Gasteiger partial charge in [-0.1, -0.05) is 33.4 Å². The molecule has 0 aliphatic carbocycles. The number of halogens is 1. The molecule has 0 unspecified atom stereocenters. The molecule has 5 nitrogen and oxygen atoms in total. The highest BCUT2D eigenvalue weighted by molar-refractivity contribution is 5.93. The molecule has 1 saturated heterocycles. The predicted molar refractivity (Wildman–Crippen MR) is 104 cm³/mol. The fourth-order valence-corrected chi connectivity index (χ4v) is 3.08. The maximum Gasteiger partial charge on any atom is 0.312 e. The van der Waals surface area contributed by atoms with E-state index in [2.05, 4.69) is 6.58 Å². The lowest BCUT2D eigenvalue weighted by atomic mass is 9.85. The topological polar surface area (TPSA) is 66.8 Å². The van der Waals surface area contributed by atoms with E-state index in [0.717, 1.165) is 24.8 Å². The average Bonchev–Trinajstić information content (AvgIpc) is 2.58. The molecule has 0 bridgehead atoms. The summed E-state index contributed by atoms with van der Waals surface area (Å²) >= 11 is 0. The van der Waals surface area contributed by atoms with Gasteiger partial charge < -0.3 is 14.7 Å². The first-order valence-corrected chi connectivity index (χ1v) is 9.40. The van der Waals surface area contributed by atoms with Gasteiger partial charge in [0, 0.05) is 18.7 Å². The highest BCUT2D eigenvalue weighted by Gasteiger charge is 2.25. The molecule has 0 spiro atoms. The van der Waals surface area contributed by atoms with Crippen LogP contribution in [0.5, 0.6) is 0 Å². The number of rotatable bonds is 8. The molecule has 1 fully saturated rings. The van der Waals surface area contributed by atoms with Gasteiger partial charge >= 0.3 is 5.97 Å². The number of carboxylic acids is 1. The maximum absolute atomic E-state index is 13.7. The lowest BCUT2D eigenvalue weighted by Crippen LogP contribution is -2.39. The molecule has 0 radical (unpaired) electrons. The van der Waals surface area contributed by atoms with Crippen molar-refractivity contribution in [3.63, 3.8) is 0 Å². The van der Waals surface area contributed by atoms with Crippen LogP contribution in [-0.2, 0) is 14.3 Å². The summed E-state index contributed by atoms with van der Waals surface area (Å²) in [6, 6.07) is 0. The van der Waals surface area contributed by atoms with Crippen LogP contribution in [0.2, 0.25) is 0 Å². The molecular formula is C21H32FNO4. The van der Waals surface area contributed by atoms with Gasteiger partial charge in [-0.05, 0) is 43.6 Å². The van der Waals surface area contributed by atoms with Crippen molar-refractivity contribution in [2.75, 3.05) is 19.7 Å². The van der Waals surface area contributed by atoms with E-state index in [0.29, 0.717) is 31.4 Å². The summed E-state index contributed by atoms with van der Waals surface area (Å²) in [4.78, 5) is 24.0. The second kappa shape index (κ2) is 10.3. The van der Waals surface area contributed by atoms with Crippen LogP contribution in [0.1, 0.15) is 53.4 Å². The third-order valence-electron chi connectivity index (χ3n) is 4.74. The summed E-state index contributed by atoms with van der Waals surface area (Å²) in [7, 11) is 0. The molecule has 6 heteroatoms. The predicted octanol–water partition coefficient (Wildman–Crippen LogP) is 4.47. The molecular weight excluding hydrogens is 349 g/mol. The van der Waals surface area contributed by atoms with Crippen molar-refractivity contribution in [2.24, 2.45) is 11.3 Å². The molecule has 0 saturated carbocycles. The second-order valence-electron chi connectivity index (χ2n) is 7.94. The fraction of sp³-hybridized carbons (Fsp3) is 0.619. The summed E-state index contributed by atoms with van der Waals surface area (Å²) in [5.41, 5.74) is 0.444. The zero-order chi connectivity index (χ0) is 20.6. The molecule has 0 aromatic carbocycles. The highest BCUT2D eigenvalue weighted by Crippen LogP contribution is 2.32. The summed E-state index contributed by atoms with van der Waals surface area (Å²) in [6.07, 6.45) is 4.90. The number of carbonyl (C=O) groups excluding carboxylic acids is 1. The van der Waals surface area contributed by atoms with E-state index in [1.165, 1.54) is 12.2 Å². The Balaban J connectivity index is 2.47. The second-order valence-corrected chi connectivity index (χ2v) is 7.94. The number of amides is 1. The van der Waals surface area contributed by atoms with Crippen LogP contribution in [-0.4, -0.2) is 41.6 Å². The highest BCUT2D eigenvalue weighted by atomic mass is 19.1. The van der Waals surface area contributed by atoms with Crippen molar-refractivity contribution in [3.05, 3.63) is 35.9 Å². The number of allylic oxidation sites excluding steroid dienone is 4. The number of piperidine rings is 1. The monoisotopic (exact) mass is 381 g/mol. The van der Waals surface area contributed by atoms with Gasteiger partial charge in [0.15, 0.2) is 0 Å². The van der Waals surface area contributed by atoms with Crippen molar-refractivity contribution < 1.29 is 23.8 Å². The minimum absolute atomic E-state index is 0.284. The summed E-state index contributed by atoms with van der Waals surface area (Å²) in [5, 5.41) is 8.70. The Morgan fingerprint density at radius 1 is 1.30 bits per heavy atom. The molecule has 1 aliphatic rings. The van der Waals surface area contributed by atoms with E-state index >= 15 is 0 Å². The zero-order valence-electron chi connectivity index (χ0n) is 16.9. The molecule has 1 amide bonds. The Bertz CT molecular complexity index is 608. The number of ether oxygens (including phenoxy) is 1. The lowest BCUT2D eigenvalue weighted by molar-refractivity contribution is -0.144. The third kappa shape index (κ3) is 7.97. The Labute approximate surface area is 161 Å². The molecule has 152 valence electrons. The Hall–Kier alpha value is -2.11. The zero-order valence-corrected chi connectivity index (χ0v) is 16.9. The number of carbonyl (C=O) groups is 2. The maximum atomic E-state index is 13.7. The SMILES string of the molecule is C=C(OCCC1CCN(C(=O)CC(=O)O)CC1)/C(=C\C(F)=C/C)C(C)(C)C. The molecule has 1 heterocycles. The Kier molecular flexibility index (Phi) is 8.73. The van der Waals surface area contributed by atoms with Gasteiger partial charge in [-0.25, -0.2) is 4.39 Å². The van der Waals surface area contributed by atoms with E-state index in [1.807, 2.05) is 20.8 Å². The lowest BCUT2D eigenvalue weighted by Gasteiger charge is -2.32. The molecule has 0 aromatic heterocycles. The molecule has 0 atom stereocenters. The smallest absolute Gasteiger partial charge is 0.312 e. The normalized spacial score (nSPS) is 17.0. The van der Waals surface area contributed by atoms with Gasteiger partial charge in [0.05, 0.1) is 6.61 Å². The van der Waals surface area contributed by atoms with Crippen LogP contribution >= 0.6 is 0 Å². The molecule has 1 N–H and O–H groups in total. The van der Waals surface area contributed by atoms with Gasteiger partial charge in [-0.15, -0.1) is 0 Å². The average molecular weight is 381 g/mol. The van der Waals surface area contributed by atoms with E-state index in [-0.39, 0.29) is 17.1 Å². The largest absolute Gasteiger partial charge is 0.494 e. The van der Waals surface area contributed by atoms with E-state index < -0.39 is 12.4 Å². The number of nitrogens with zero attached hydrogens (tertiary/aromatic N) is 1. The number of aliphatic carboxylic acids is 1. The van der Waals surface area contributed by atoms with Gasteiger partial charge in [0.2, 0.25) is 5.91 Å². The van der Waals surface area contributed by atoms with Crippen LogP contribution in [0.4, 0.5) is 4.39 Å². The molecule has 0 aromatic rings. The van der Waals surface area contributed by atoms with Crippen LogP contribution in [0.15, 0.2) is 35.9 Å². The number of hydrogen-bond donors (Lipinski definition) is 1. The summed E-state index contributed by atoms with van der Waals surface area (Å²) in [5.74, 6) is -0.833. The van der Waals surface area contributed by atoms with Gasteiger partial charge in [-0.3, -0.25) is 9.59 Å². The summed E-state index contributed by atoms with van der Waals surface area (Å²) in [6.45, 7) is 13.2. The standard InChI is InChI=1S/C21H32FNO4/c1-6-17(22)13-18(21(3,4)5)15(2)27-12-9-16-7-10-23(11-8-16)19(24)14-20(25)26/h6,13,16H,2,7-12,14H2,1,3-5H3,(H,25,26)/b17-6+,18-13+. The van der Waals surface area contributed by atoms with Crippen LogP contribution in [0.3, 0.4) is 0 Å². The Morgan fingerprint density at radius 3 is 2.37 bits per heavy atom. The first-order valence-electron chi connectivity index (χ1n) is 9.40. The minimum Gasteiger partial charge on any atom is -0.494 e. The van der Waals surface area contributed by atoms with Crippen LogP contribution in [0, 0.1) is 11.3 Å². The van der Waals surface area contributed by atoms with E-state index in [1.54, 1.807) is 11.8 Å². The third-order valence-corrected chi connectivity index (χ3v) is 4.74. The van der Waals surface area contributed by atoms with E-state index in [4.69, 9.17) is 9.84 Å². The fourth-order valence-electron chi connectivity index (χ4n) is 3.08.